The van der Waals surface area contributed by atoms with Crippen LogP contribution in [0.2, 0.25) is 0 Å². The first-order valence-corrected chi connectivity index (χ1v) is 7.07. The normalized spacial score (nSPS) is 22.3. The van der Waals surface area contributed by atoms with Crippen molar-refractivity contribution in [3.05, 3.63) is 0 Å². The molecule has 0 radical (unpaired) electrons. The molecule has 0 aliphatic carbocycles. The van der Waals surface area contributed by atoms with Crippen molar-refractivity contribution in [1.29, 1.82) is 0 Å². The monoisotopic (exact) mass is 242 g/mol. The highest BCUT2D eigenvalue weighted by molar-refractivity contribution is 5.49. The summed E-state index contributed by atoms with van der Waals surface area (Å²) in [5, 5.41) is 0. The van der Waals surface area contributed by atoms with Gasteiger partial charge in [-0.15, -0.1) is 0 Å². The van der Waals surface area contributed by atoms with Gasteiger partial charge in [-0.25, -0.2) is 0 Å². The van der Waals surface area contributed by atoms with E-state index in [1.165, 1.54) is 25.7 Å². The minimum Gasteiger partial charge on any atom is -0.353 e. The average Bonchev–Trinajstić information content (AvgIpc) is 2.37. The maximum atomic E-state index is 10.4. The van der Waals surface area contributed by atoms with Gasteiger partial charge in [-0.05, 0) is 32.1 Å². The highest BCUT2D eigenvalue weighted by Crippen LogP contribution is 2.20. The van der Waals surface area contributed by atoms with Crippen molar-refractivity contribution >= 4 is 6.29 Å². The Hall–Kier alpha value is -0.410. The molecule has 3 heteroatoms. The van der Waals surface area contributed by atoms with E-state index in [2.05, 4.69) is 6.92 Å². The standard InChI is InChI=1S/C14H26O3/c1-2-3-4-8-13(9-7-11-15)17-14-10-5-6-12-16-14/h11,13-14H,2-10,12H2,1H3/t13-,14?/m0/s1. The summed E-state index contributed by atoms with van der Waals surface area (Å²) >= 11 is 0. The zero-order chi connectivity index (χ0) is 12.3. The second kappa shape index (κ2) is 9.60. The molecule has 1 aliphatic heterocycles. The van der Waals surface area contributed by atoms with Gasteiger partial charge in [-0.3, -0.25) is 0 Å². The van der Waals surface area contributed by atoms with E-state index in [1.807, 2.05) is 0 Å². The Morgan fingerprint density at radius 3 is 2.88 bits per heavy atom. The third-order valence-electron chi connectivity index (χ3n) is 3.22. The van der Waals surface area contributed by atoms with Crippen LogP contribution < -0.4 is 0 Å². The van der Waals surface area contributed by atoms with Gasteiger partial charge in [-0.1, -0.05) is 26.2 Å². The minimum atomic E-state index is -0.0259. The van der Waals surface area contributed by atoms with E-state index in [1.54, 1.807) is 0 Å². The van der Waals surface area contributed by atoms with Gasteiger partial charge in [-0.2, -0.15) is 0 Å². The van der Waals surface area contributed by atoms with Crippen LogP contribution in [-0.2, 0) is 14.3 Å². The maximum Gasteiger partial charge on any atom is 0.157 e. The second-order valence-corrected chi connectivity index (χ2v) is 4.79. The molecule has 0 bridgehead atoms. The fourth-order valence-electron chi connectivity index (χ4n) is 2.19. The number of carbonyl (C=O) groups excluding carboxylic acids is 1. The highest BCUT2D eigenvalue weighted by atomic mass is 16.7. The topological polar surface area (TPSA) is 35.5 Å². The van der Waals surface area contributed by atoms with Crippen LogP contribution in [0.15, 0.2) is 0 Å². The van der Waals surface area contributed by atoms with Gasteiger partial charge in [0, 0.05) is 13.0 Å². The zero-order valence-corrected chi connectivity index (χ0v) is 11.0. The van der Waals surface area contributed by atoms with Gasteiger partial charge in [0.2, 0.25) is 0 Å². The predicted octanol–water partition coefficient (Wildman–Crippen LogP) is 3.46. The Labute approximate surface area is 105 Å². The highest BCUT2D eigenvalue weighted by Gasteiger charge is 2.19. The van der Waals surface area contributed by atoms with Gasteiger partial charge < -0.3 is 14.3 Å². The van der Waals surface area contributed by atoms with E-state index in [0.29, 0.717) is 6.42 Å². The molecule has 1 unspecified atom stereocenters. The van der Waals surface area contributed by atoms with Crippen molar-refractivity contribution < 1.29 is 14.3 Å². The van der Waals surface area contributed by atoms with E-state index in [-0.39, 0.29) is 12.4 Å². The second-order valence-electron chi connectivity index (χ2n) is 4.79. The van der Waals surface area contributed by atoms with Crippen molar-refractivity contribution in [3.8, 4) is 0 Å². The molecular weight excluding hydrogens is 216 g/mol. The number of hydrogen-bond acceptors (Lipinski definition) is 3. The van der Waals surface area contributed by atoms with E-state index in [9.17, 15) is 4.79 Å². The summed E-state index contributed by atoms with van der Waals surface area (Å²) in [6.07, 6.45) is 10.7. The summed E-state index contributed by atoms with van der Waals surface area (Å²) in [7, 11) is 0. The van der Waals surface area contributed by atoms with Crippen molar-refractivity contribution in [3.63, 3.8) is 0 Å². The van der Waals surface area contributed by atoms with Crippen molar-refractivity contribution in [1.82, 2.24) is 0 Å². The first-order chi connectivity index (χ1) is 8.36. The quantitative estimate of drug-likeness (QED) is 0.459. The molecule has 0 saturated carbocycles. The zero-order valence-electron chi connectivity index (χ0n) is 11.0. The molecule has 0 aromatic heterocycles. The van der Waals surface area contributed by atoms with Crippen LogP contribution in [0, 0.1) is 0 Å². The Bertz CT molecular complexity index is 188. The van der Waals surface area contributed by atoms with E-state index >= 15 is 0 Å². The Balaban J connectivity index is 2.24. The van der Waals surface area contributed by atoms with Crippen molar-refractivity contribution in [2.24, 2.45) is 0 Å². The predicted molar refractivity (Wildman–Crippen MR) is 67.9 cm³/mol. The number of hydrogen-bond donors (Lipinski definition) is 0. The molecule has 0 spiro atoms. The molecule has 0 N–H and O–H groups in total. The molecule has 1 fully saturated rings. The van der Waals surface area contributed by atoms with Crippen LogP contribution in [0.3, 0.4) is 0 Å². The summed E-state index contributed by atoms with van der Waals surface area (Å²) in [5.74, 6) is 0. The molecule has 0 aromatic carbocycles. The minimum absolute atomic E-state index is 0.0259. The Morgan fingerprint density at radius 1 is 1.35 bits per heavy atom. The lowest BCUT2D eigenvalue weighted by molar-refractivity contribution is -0.190. The molecule has 1 heterocycles. The van der Waals surface area contributed by atoms with Gasteiger partial charge in [0.05, 0.1) is 6.10 Å². The fraction of sp³-hybridized carbons (Fsp3) is 0.929. The Kier molecular flexibility index (Phi) is 8.28. The number of rotatable bonds is 9. The largest absolute Gasteiger partial charge is 0.353 e. The number of carbonyl (C=O) groups is 1. The molecule has 3 nitrogen and oxygen atoms in total. The van der Waals surface area contributed by atoms with Crippen LogP contribution in [0.4, 0.5) is 0 Å². The lowest BCUT2D eigenvalue weighted by Gasteiger charge is -2.27. The molecule has 1 saturated heterocycles. The van der Waals surface area contributed by atoms with Crippen LogP contribution in [0.1, 0.15) is 64.7 Å². The summed E-state index contributed by atoms with van der Waals surface area (Å²) in [6.45, 7) is 3.02. The molecule has 0 aromatic rings. The number of unbranched alkanes of at least 4 members (excludes halogenated alkanes) is 2. The van der Waals surface area contributed by atoms with Crippen molar-refractivity contribution in [2.45, 2.75) is 77.1 Å². The van der Waals surface area contributed by atoms with Gasteiger partial charge in [0.15, 0.2) is 6.29 Å². The lowest BCUT2D eigenvalue weighted by Crippen LogP contribution is -2.28. The summed E-state index contributed by atoms with van der Waals surface area (Å²) < 4.78 is 11.5. The van der Waals surface area contributed by atoms with Crippen molar-refractivity contribution in [2.75, 3.05) is 6.61 Å². The van der Waals surface area contributed by atoms with Gasteiger partial charge >= 0.3 is 0 Å². The third-order valence-corrected chi connectivity index (χ3v) is 3.22. The summed E-state index contributed by atoms with van der Waals surface area (Å²) in [4.78, 5) is 10.4. The van der Waals surface area contributed by atoms with E-state index in [0.717, 1.165) is 38.6 Å². The first-order valence-electron chi connectivity index (χ1n) is 7.07. The average molecular weight is 242 g/mol. The molecule has 1 aliphatic rings. The van der Waals surface area contributed by atoms with Crippen LogP contribution in [0.5, 0.6) is 0 Å². The van der Waals surface area contributed by atoms with Crippen LogP contribution in [0.25, 0.3) is 0 Å². The Morgan fingerprint density at radius 2 is 2.24 bits per heavy atom. The molecule has 1 rings (SSSR count). The smallest absolute Gasteiger partial charge is 0.157 e. The molecule has 100 valence electrons. The van der Waals surface area contributed by atoms with Gasteiger partial charge in [0.1, 0.15) is 6.29 Å². The number of ether oxygens (including phenoxy) is 2. The van der Waals surface area contributed by atoms with Crippen LogP contribution >= 0.6 is 0 Å². The third kappa shape index (κ3) is 6.79. The van der Waals surface area contributed by atoms with Gasteiger partial charge in [0.25, 0.3) is 0 Å². The van der Waals surface area contributed by atoms with E-state index < -0.39 is 0 Å². The summed E-state index contributed by atoms with van der Waals surface area (Å²) in [6, 6.07) is 0. The molecule has 0 amide bonds. The SMILES string of the molecule is CCCCC[C@@H](CCC=O)OC1CCCCO1. The molecule has 2 atom stereocenters. The van der Waals surface area contributed by atoms with E-state index in [4.69, 9.17) is 9.47 Å². The van der Waals surface area contributed by atoms with Crippen LogP contribution in [-0.4, -0.2) is 25.3 Å². The number of aldehydes is 1. The lowest BCUT2D eigenvalue weighted by atomic mass is 10.1. The molecule has 17 heavy (non-hydrogen) atoms. The summed E-state index contributed by atoms with van der Waals surface area (Å²) in [5.41, 5.74) is 0. The maximum absolute atomic E-state index is 10.4. The fourth-order valence-corrected chi connectivity index (χ4v) is 2.19. The molecular formula is C14H26O3. The first kappa shape index (κ1) is 14.7.